The zero-order chi connectivity index (χ0) is 17.3. The second-order valence-corrected chi connectivity index (χ2v) is 7.05. The van der Waals surface area contributed by atoms with Gasteiger partial charge in [-0.15, -0.1) is 0 Å². The van der Waals surface area contributed by atoms with Gasteiger partial charge in [0.15, 0.2) is 5.13 Å². The van der Waals surface area contributed by atoms with Crippen LogP contribution in [0.25, 0.3) is 11.3 Å². The number of nitrogen functional groups attached to an aromatic ring is 1. The van der Waals surface area contributed by atoms with Gasteiger partial charge in [0.05, 0.1) is 26.4 Å². The summed E-state index contributed by atoms with van der Waals surface area (Å²) in [5.74, 6) is -0.372. The fourth-order valence-electron chi connectivity index (χ4n) is 2.08. The number of amides is 1. The number of carbonyl (C=O) groups excluding carboxylic acids is 1. The molecular weight excluding hydrogens is 389 g/mol. The highest BCUT2D eigenvalue weighted by molar-refractivity contribution is 7.17. The molecule has 122 valence electrons. The minimum absolute atomic E-state index is 0.288. The van der Waals surface area contributed by atoms with Crippen LogP contribution in [0.5, 0.6) is 0 Å². The lowest BCUT2D eigenvalue weighted by atomic mass is 10.1. The van der Waals surface area contributed by atoms with Gasteiger partial charge < -0.3 is 11.1 Å². The first-order valence-electron chi connectivity index (χ1n) is 6.73. The van der Waals surface area contributed by atoms with Crippen LogP contribution in [0, 0.1) is 0 Å². The predicted molar refractivity (Wildman–Crippen MR) is 101 cm³/mol. The maximum Gasteiger partial charge on any atom is 0.268 e. The predicted octanol–water partition coefficient (Wildman–Crippen LogP) is 5.60. The van der Waals surface area contributed by atoms with Crippen LogP contribution in [-0.2, 0) is 0 Å². The van der Waals surface area contributed by atoms with Gasteiger partial charge in [-0.2, -0.15) is 0 Å². The van der Waals surface area contributed by atoms with Crippen molar-refractivity contribution in [1.29, 1.82) is 0 Å². The van der Waals surface area contributed by atoms with E-state index in [1.807, 2.05) is 30.3 Å². The Morgan fingerprint density at radius 1 is 1.04 bits per heavy atom. The zero-order valence-electron chi connectivity index (χ0n) is 12.0. The van der Waals surface area contributed by atoms with Gasteiger partial charge in [-0.3, -0.25) is 4.79 Å². The Hall–Kier alpha value is -1.79. The lowest BCUT2D eigenvalue weighted by Crippen LogP contribution is -2.12. The molecule has 2 aromatic carbocycles. The van der Waals surface area contributed by atoms with E-state index < -0.39 is 0 Å². The molecule has 0 atom stereocenters. The van der Waals surface area contributed by atoms with E-state index in [-0.39, 0.29) is 10.9 Å². The number of nitrogens with zero attached hydrogens (tertiary/aromatic N) is 1. The molecule has 0 unspecified atom stereocenters. The lowest BCUT2D eigenvalue weighted by molar-refractivity contribution is 0.103. The number of carbonyl (C=O) groups is 1. The average molecular weight is 399 g/mol. The number of hydrogen-bond donors (Lipinski definition) is 2. The van der Waals surface area contributed by atoms with Crippen molar-refractivity contribution >= 4 is 62.9 Å². The number of hydrogen-bond acceptors (Lipinski definition) is 4. The molecule has 24 heavy (non-hydrogen) atoms. The Labute approximate surface area is 157 Å². The zero-order valence-corrected chi connectivity index (χ0v) is 15.1. The first-order chi connectivity index (χ1) is 11.5. The molecule has 0 saturated carbocycles. The highest BCUT2D eigenvalue weighted by atomic mass is 35.5. The van der Waals surface area contributed by atoms with Crippen LogP contribution in [0.15, 0.2) is 42.5 Å². The van der Waals surface area contributed by atoms with Gasteiger partial charge >= 0.3 is 0 Å². The molecular formula is C16H10Cl3N3OS. The Balaban J connectivity index is 1.96. The molecule has 3 rings (SSSR count). The van der Waals surface area contributed by atoms with E-state index in [4.69, 9.17) is 40.5 Å². The standard InChI is InChI=1S/C16H10Cl3N3OS/c17-9-6-11(19)12(7-10(9)18)21-15(23)14-13(22-16(20)24-14)8-4-2-1-3-5-8/h1-7H,(H2,20,22)(H,21,23). The smallest absolute Gasteiger partial charge is 0.268 e. The van der Waals surface area contributed by atoms with Crippen molar-refractivity contribution in [2.75, 3.05) is 11.1 Å². The van der Waals surface area contributed by atoms with Crippen molar-refractivity contribution in [3.8, 4) is 11.3 Å². The van der Waals surface area contributed by atoms with Crippen LogP contribution in [-0.4, -0.2) is 10.9 Å². The number of halogens is 3. The Morgan fingerprint density at radius 2 is 1.71 bits per heavy atom. The van der Waals surface area contributed by atoms with Gasteiger partial charge in [0.25, 0.3) is 5.91 Å². The fourth-order valence-corrected chi connectivity index (χ4v) is 3.42. The molecule has 0 aliphatic rings. The number of rotatable bonds is 3. The molecule has 1 heterocycles. The number of nitrogens with one attached hydrogen (secondary N) is 1. The Kier molecular flexibility index (Phi) is 4.96. The monoisotopic (exact) mass is 397 g/mol. The van der Waals surface area contributed by atoms with Crippen LogP contribution in [0.1, 0.15) is 9.67 Å². The van der Waals surface area contributed by atoms with E-state index in [0.717, 1.165) is 16.9 Å². The molecule has 1 aromatic heterocycles. The van der Waals surface area contributed by atoms with Gasteiger partial charge in [0, 0.05) is 5.56 Å². The number of aromatic nitrogens is 1. The number of nitrogens with two attached hydrogens (primary N) is 1. The Morgan fingerprint density at radius 3 is 2.42 bits per heavy atom. The highest BCUT2D eigenvalue weighted by Gasteiger charge is 2.20. The summed E-state index contributed by atoms with van der Waals surface area (Å²) in [5, 5.41) is 3.92. The van der Waals surface area contributed by atoms with E-state index in [2.05, 4.69) is 10.3 Å². The summed E-state index contributed by atoms with van der Waals surface area (Å²) in [6.45, 7) is 0. The molecule has 0 bridgehead atoms. The van der Waals surface area contributed by atoms with E-state index in [1.54, 1.807) is 0 Å². The third kappa shape index (κ3) is 3.49. The van der Waals surface area contributed by atoms with E-state index in [1.165, 1.54) is 12.1 Å². The van der Waals surface area contributed by atoms with Crippen LogP contribution in [0.2, 0.25) is 15.1 Å². The molecule has 4 nitrogen and oxygen atoms in total. The summed E-state index contributed by atoms with van der Waals surface area (Å²) in [6.07, 6.45) is 0. The van der Waals surface area contributed by atoms with Crippen molar-refractivity contribution in [2.45, 2.75) is 0 Å². The average Bonchev–Trinajstić information content (AvgIpc) is 2.95. The topological polar surface area (TPSA) is 68.0 Å². The molecule has 0 radical (unpaired) electrons. The molecule has 0 fully saturated rings. The second-order valence-electron chi connectivity index (χ2n) is 4.80. The van der Waals surface area contributed by atoms with Crippen LogP contribution >= 0.6 is 46.1 Å². The molecule has 1 amide bonds. The van der Waals surface area contributed by atoms with E-state index >= 15 is 0 Å². The number of benzene rings is 2. The molecule has 0 aliphatic heterocycles. The van der Waals surface area contributed by atoms with Gasteiger partial charge in [0.1, 0.15) is 4.88 Å². The van der Waals surface area contributed by atoms with Gasteiger partial charge in [0.2, 0.25) is 0 Å². The maximum atomic E-state index is 12.6. The number of thiazole rings is 1. The summed E-state index contributed by atoms with van der Waals surface area (Å²) >= 11 is 19.1. The molecule has 0 aliphatic carbocycles. The van der Waals surface area contributed by atoms with E-state index in [0.29, 0.717) is 31.4 Å². The summed E-state index contributed by atoms with van der Waals surface area (Å²) in [4.78, 5) is 17.3. The first-order valence-corrected chi connectivity index (χ1v) is 8.68. The third-order valence-electron chi connectivity index (χ3n) is 3.16. The van der Waals surface area contributed by atoms with Gasteiger partial charge in [-0.25, -0.2) is 4.98 Å². The normalized spacial score (nSPS) is 10.6. The van der Waals surface area contributed by atoms with Crippen LogP contribution in [0.3, 0.4) is 0 Å². The highest BCUT2D eigenvalue weighted by Crippen LogP contribution is 2.34. The Bertz CT molecular complexity index is 912. The maximum absolute atomic E-state index is 12.6. The summed E-state index contributed by atoms with van der Waals surface area (Å²) in [6, 6.07) is 12.3. The van der Waals surface area contributed by atoms with Crippen molar-refractivity contribution in [2.24, 2.45) is 0 Å². The van der Waals surface area contributed by atoms with Crippen molar-refractivity contribution in [3.63, 3.8) is 0 Å². The van der Waals surface area contributed by atoms with Gasteiger partial charge in [-0.1, -0.05) is 76.5 Å². The molecule has 0 saturated heterocycles. The largest absolute Gasteiger partial charge is 0.375 e. The summed E-state index contributed by atoms with van der Waals surface area (Å²) < 4.78 is 0. The molecule has 8 heteroatoms. The van der Waals surface area contributed by atoms with Crippen molar-refractivity contribution in [1.82, 2.24) is 4.98 Å². The van der Waals surface area contributed by atoms with Gasteiger partial charge in [-0.05, 0) is 12.1 Å². The molecule has 3 N–H and O–H groups in total. The number of anilines is 2. The SMILES string of the molecule is Nc1nc(-c2ccccc2)c(C(=O)Nc2cc(Cl)c(Cl)cc2Cl)s1. The second kappa shape index (κ2) is 6.99. The van der Waals surface area contributed by atoms with Crippen LogP contribution < -0.4 is 11.1 Å². The van der Waals surface area contributed by atoms with Crippen LogP contribution in [0.4, 0.5) is 10.8 Å². The quantitative estimate of drug-likeness (QED) is 0.564. The summed E-state index contributed by atoms with van der Waals surface area (Å²) in [5.41, 5.74) is 7.47. The minimum Gasteiger partial charge on any atom is -0.375 e. The molecule has 3 aromatic rings. The van der Waals surface area contributed by atoms with Crippen molar-refractivity contribution < 1.29 is 4.79 Å². The first kappa shape index (κ1) is 17.0. The minimum atomic E-state index is -0.372. The molecule has 0 spiro atoms. The summed E-state index contributed by atoms with van der Waals surface area (Å²) in [7, 11) is 0. The lowest BCUT2D eigenvalue weighted by Gasteiger charge is -2.08. The fraction of sp³-hybridized carbons (Fsp3) is 0. The van der Waals surface area contributed by atoms with Crippen molar-refractivity contribution in [3.05, 3.63) is 62.4 Å². The van der Waals surface area contributed by atoms with E-state index in [9.17, 15) is 4.79 Å². The third-order valence-corrected chi connectivity index (χ3v) is 5.07.